The van der Waals surface area contributed by atoms with Gasteiger partial charge in [0.2, 0.25) is 0 Å². The predicted octanol–water partition coefficient (Wildman–Crippen LogP) is 15.8. The van der Waals surface area contributed by atoms with E-state index in [1.807, 2.05) is 0 Å². The Balaban J connectivity index is 5.16. The van der Waals surface area contributed by atoms with Gasteiger partial charge in [0.1, 0.15) is 19.3 Å². The van der Waals surface area contributed by atoms with Gasteiger partial charge in [0, 0.05) is 25.7 Å². The molecule has 3 N–H and O–H groups in total. The van der Waals surface area contributed by atoms with E-state index in [1.165, 1.54) is 96.3 Å². The standard InChI is InChI=1S/C59H114O17P2/c1-6-9-12-15-17-18-19-20-21-25-29-33-38-43-57(62)70-49-55(76-59(64)45-40-35-30-26-23-22-24-28-32-36-41-52(4)5)51-74-78(67,68)72-47-53(60)46-71-77(65,66)73-50-54(48-69-56(61)42-37-31-14-11-8-3)75-58(63)44-39-34-27-16-13-10-7-2/h52-55,60H,6-51H2,1-5H3,(H,65,66)(H,67,68)/t53-,54+,55+/m0/s1. The zero-order valence-electron chi connectivity index (χ0n) is 49.8. The zero-order chi connectivity index (χ0) is 57.8. The van der Waals surface area contributed by atoms with E-state index in [4.69, 9.17) is 37.0 Å². The Morgan fingerprint density at radius 2 is 0.590 bits per heavy atom. The van der Waals surface area contributed by atoms with Crippen LogP contribution in [0.4, 0.5) is 0 Å². The number of ether oxygens (including phenoxy) is 4. The largest absolute Gasteiger partial charge is 0.472 e. The molecule has 0 heterocycles. The van der Waals surface area contributed by atoms with Gasteiger partial charge in [-0.15, -0.1) is 0 Å². The fourth-order valence-electron chi connectivity index (χ4n) is 8.70. The van der Waals surface area contributed by atoms with Crippen molar-refractivity contribution in [2.75, 3.05) is 39.6 Å². The molecule has 0 rings (SSSR count). The average Bonchev–Trinajstić information content (AvgIpc) is 3.40. The third kappa shape index (κ3) is 53.4. The van der Waals surface area contributed by atoms with E-state index in [2.05, 4.69) is 34.6 Å². The maximum absolute atomic E-state index is 12.9. The molecule has 0 fully saturated rings. The molecular weight excluding hydrogens is 1040 g/mol. The van der Waals surface area contributed by atoms with Gasteiger partial charge in [0.05, 0.1) is 26.4 Å². The van der Waals surface area contributed by atoms with E-state index in [-0.39, 0.29) is 25.7 Å². The first-order valence-corrected chi connectivity index (χ1v) is 34.1. The third-order valence-electron chi connectivity index (χ3n) is 13.5. The van der Waals surface area contributed by atoms with Crippen molar-refractivity contribution in [3.05, 3.63) is 0 Å². The number of rotatable bonds is 59. The van der Waals surface area contributed by atoms with Crippen LogP contribution in [0.1, 0.15) is 291 Å². The molecule has 0 saturated carbocycles. The topological polar surface area (TPSA) is 237 Å². The molecule has 0 aliphatic rings. The molecule has 0 saturated heterocycles. The highest BCUT2D eigenvalue weighted by Crippen LogP contribution is 2.45. The van der Waals surface area contributed by atoms with Gasteiger partial charge in [-0.05, 0) is 31.6 Å². The van der Waals surface area contributed by atoms with E-state index in [1.54, 1.807) is 0 Å². The van der Waals surface area contributed by atoms with Gasteiger partial charge in [0.25, 0.3) is 0 Å². The van der Waals surface area contributed by atoms with Crippen molar-refractivity contribution in [2.45, 2.75) is 310 Å². The van der Waals surface area contributed by atoms with Crippen molar-refractivity contribution in [3.63, 3.8) is 0 Å². The number of carbonyl (C=O) groups excluding carboxylic acids is 4. The van der Waals surface area contributed by atoms with Crippen LogP contribution in [0.2, 0.25) is 0 Å². The molecule has 2 unspecified atom stereocenters. The zero-order valence-corrected chi connectivity index (χ0v) is 51.6. The highest BCUT2D eigenvalue weighted by atomic mass is 31.2. The number of esters is 4. The maximum Gasteiger partial charge on any atom is 0.472 e. The summed E-state index contributed by atoms with van der Waals surface area (Å²) in [4.78, 5) is 71.6. The molecule has 17 nitrogen and oxygen atoms in total. The van der Waals surface area contributed by atoms with Crippen LogP contribution in [-0.2, 0) is 65.4 Å². The fraction of sp³-hybridized carbons (Fsp3) is 0.932. The molecule has 0 amide bonds. The van der Waals surface area contributed by atoms with Gasteiger partial charge in [0.15, 0.2) is 12.2 Å². The van der Waals surface area contributed by atoms with E-state index in [0.29, 0.717) is 25.7 Å². The van der Waals surface area contributed by atoms with Gasteiger partial charge in [-0.25, -0.2) is 9.13 Å². The molecule has 0 aliphatic carbocycles. The number of hydrogen-bond donors (Lipinski definition) is 3. The smallest absolute Gasteiger partial charge is 0.462 e. The molecule has 19 heteroatoms. The molecule has 0 bridgehead atoms. The summed E-state index contributed by atoms with van der Waals surface area (Å²) in [6.45, 7) is 7.02. The minimum Gasteiger partial charge on any atom is -0.462 e. The van der Waals surface area contributed by atoms with Crippen molar-refractivity contribution in [1.29, 1.82) is 0 Å². The Morgan fingerprint density at radius 1 is 0.346 bits per heavy atom. The van der Waals surface area contributed by atoms with Crippen molar-refractivity contribution < 1.29 is 80.2 Å². The highest BCUT2D eigenvalue weighted by molar-refractivity contribution is 7.47. The first kappa shape index (κ1) is 76.1. The van der Waals surface area contributed by atoms with E-state index < -0.39 is 97.5 Å². The van der Waals surface area contributed by atoms with E-state index >= 15 is 0 Å². The number of aliphatic hydroxyl groups excluding tert-OH is 1. The first-order chi connectivity index (χ1) is 37.5. The average molecular weight is 1160 g/mol. The number of aliphatic hydroxyl groups is 1. The summed E-state index contributed by atoms with van der Waals surface area (Å²) in [6.07, 6.45) is 35.3. The third-order valence-corrected chi connectivity index (χ3v) is 15.4. The van der Waals surface area contributed by atoms with Crippen molar-refractivity contribution >= 4 is 39.5 Å². The molecule has 462 valence electrons. The van der Waals surface area contributed by atoms with E-state index in [0.717, 1.165) is 115 Å². The molecule has 0 aliphatic heterocycles. The summed E-state index contributed by atoms with van der Waals surface area (Å²) in [7, 11) is -9.86. The summed E-state index contributed by atoms with van der Waals surface area (Å²) < 4.78 is 67.5. The van der Waals surface area contributed by atoms with Gasteiger partial charge in [-0.3, -0.25) is 37.3 Å². The van der Waals surface area contributed by atoms with Crippen LogP contribution in [0.15, 0.2) is 0 Å². The number of hydrogen-bond acceptors (Lipinski definition) is 15. The van der Waals surface area contributed by atoms with Crippen LogP contribution in [0.3, 0.4) is 0 Å². The quantitative estimate of drug-likeness (QED) is 0.0222. The number of phosphoric ester groups is 2. The van der Waals surface area contributed by atoms with Crippen LogP contribution < -0.4 is 0 Å². The molecule has 78 heavy (non-hydrogen) atoms. The number of carbonyl (C=O) groups is 4. The lowest BCUT2D eigenvalue weighted by Crippen LogP contribution is -2.30. The van der Waals surface area contributed by atoms with Crippen LogP contribution >= 0.6 is 15.6 Å². The number of unbranched alkanes of at least 4 members (excludes halogenated alkanes) is 31. The van der Waals surface area contributed by atoms with Gasteiger partial charge < -0.3 is 33.8 Å². The van der Waals surface area contributed by atoms with Crippen LogP contribution in [-0.4, -0.2) is 96.7 Å². The summed E-state index contributed by atoms with van der Waals surface area (Å²) in [5.41, 5.74) is 0. The normalized spacial score (nSPS) is 14.4. The predicted molar refractivity (Wildman–Crippen MR) is 308 cm³/mol. The maximum atomic E-state index is 12.9. The monoisotopic (exact) mass is 1160 g/mol. The summed E-state index contributed by atoms with van der Waals surface area (Å²) in [6, 6.07) is 0. The molecule has 5 atom stereocenters. The lowest BCUT2D eigenvalue weighted by Gasteiger charge is -2.21. The minimum atomic E-state index is -4.94. The fourth-order valence-corrected chi connectivity index (χ4v) is 10.3. The lowest BCUT2D eigenvalue weighted by atomic mass is 10.0. The van der Waals surface area contributed by atoms with E-state index in [9.17, 15) is 43.2 Å². The molecule has 0 spiro atoms. The van der Waals surface area contributed by atoms with Crippen LogP contribution in [0.25, 0.3) is 0 Å². The Kier molecular flexibility index (Phi) is 51.8. The Hall–Kier alpha value is -1.94. The Morgan fingerprint density at radius 3 is 0.872 bits per heavy atom. The van der Waals surface area contributed by atoms with Crippen LogP contribution in [0, 0.1) is 5.92 Å². The molecule has 0 aromatic heterocycles. The SMILES string of the molecule is CCCCCCCCCCCCCCCC(=O)OC[C@H](COP(=O)(O)OC[C@@H](O)COP(=O)(O)OC[C@@H](COC(=O)CCCCCCC)OC(=O)CCCCCCCCC)OC(=O)CCCCCCCCCCCCC(C)C. The summed E-state index contributed by atoms with van der Waals surface area (Å²) in [5.74, 6) is -1.40. The second kappa shape index (κ2) is 53.1. The molecular formula is C59H114O17P2. The molecule has 0 radical (unpaired) electrons. The van der Waals surface area contributed by atoms with Crippen LogP contribution in [0.5, 0.6) is 0 Å². The Labute approximate surface area is 473 Å². The molecule has 0 aromatic carbocycles. The Bertz CT molecular complexity index is 1530. The van der Waals surface area contributed by atoms with Crippen molar-refractivity contribution in [2.24, 2.45) is 5.92 Å². The molecule has 0 aromatic rings. The number of phosphoric acid groups is 2. The van der Waals surface area contributed by atoms with Crippen molar-refractivity contribution in [3.8, 4) is 0 Å². The first-order valence-electron chi connectivity index (χ1n) is 31.1. The summed E-state index contributed by atoms with van der Waals surface area (Å²) in [5, 5.41) is 10.5. The summed E-state index contributed by atoms with van der Waals surface area (Å²) >= 11 is 0. The second-order valence-electron chi connectivity index (χ2n) is 21.9. The highest BCUT2D eigenvalue weighted by Gasteiger charge is 2.30. The minimum absolute atomic E-state index is 0.103. The van der Waals surface area contributed by atoms with Gasteiger partial charge in [-0.1, -0.05) is 240 Å². The van der Waals surface area contributed by atoms with Gasteiger partial charge in [-0.2, -0.15) is 0 Å². The second-order valence-corrected chi connectivity index (χ2v) is 24.8. The van der Waals surface area contributed by atoms with Gasteiger partial charge >= 0.3 is 39.5 Å². The lowest BCUT2D eigenvalue weighted by molar-refractivity contribution is -0.161. The van der Waals surface area contributed by atoms with Crippen molar-refractivity contribution in [1.82, 2.24) is 0 Å².